The number of imidazole rings is 1. The molecule has 5 nitrogen and oxygen atoms in total. The van der Waals surface area contributed by atoms with E-state index >= 15 is 0 Å². The van der Waals surface area contributed by atoms with Crippen LogP contribution in [0.3, 0.4) is 0 Å². The van der Waals surface area contributed by atoms with Crippen LogP contribution in [0.4, 0.5) is 0 Å². The van der Waals surface area contributed by atoms with E-state index in [0.29, 0.717) is 5.92 Å². The monoisotopic (exact) mass is 327 g/mol. The standard InChI is InChI=1S/C17H21N5S/c1-11-8-12(2)19-16(18-11)14-4-5-21(9-14)10-15-13(3)20-17-22(15)6-7-23-17/h6-8,14H,4-5,9-10H2,1-3H3/t14-/m1/s1. The molecule has 6 heteroatoms. The lowest BCUT2D eigenvalue weighted by Gasteiger charge is -2.16. The molecular weight excluding hydrogens is 306 g/mol. The van der Waals surface area contributed by atoms with Crippen molar-refractivity contribution in [2.24, 2.45) is 0 Å². The summed E-state index contributed by atoms with van der Waals surface area (Å²) < 4.78 is 2.22. The molecule has 0 unspecified atom stereocenters. The Bertz CT molecular complexity index is 830. The van der Waals surface area contributed by atoms with Crippen molar-refractivity contribution in [2.45, 2.75) is 39.7 Å². The van der Waals surface area contributed by atoms with Gasteiger partial charge < -0.3 is 0 Å². The van der Waals surface area contributed by atoms with Crippen LogP contribution in [0.1, 0.15) is 40.9 Å². The van der Waals surface area contributed by atoms with Crippen LogP contribution in [0.15, 0.2) is 17.6 Å². The molecule has 1 fully saturated rings. The van der Waals surface area contributed by atoms with Gasteiger partial charge in [0, 0.05) is 42.0 Å². The van der Waals surface area contributed by atoms with Gasteiger partial charge in [-0.1, -0.05) is 0 Å². The molecule has 1 saturated heterocycles. The molecule has 0 saturated carbocycles. The Morgan fingerprint density at radius 1 is 1.17 bits per heavy atom. The van der Waals surface area contributed by atoms with Gasteiger partial charge in [-0.25, -0.2) is 15.0 Å². The zero-order valence-corrected chi connectivity index (χ0v) is 14.6. The topological polar surface area (TPSA) is 46.3 Å². The van der Waals surface area contributed by atoms with Gasteiger partial charge in [0.2, 0.25) is 0 Å². The number of fused-ring (bicyclic) bond motifs is 1. The molecule has 1 aliphatic heterocycles. The highest BCUT2D eigenvalue weighted by molar-refractivity contribution is 7.15. The fraction of sp³-hybridized carbons (Fsp3) is 0.471. The third kappa shape index (κ3) is 2.77. The van der Waals surface area contributed by atoms with Gasteiger partial charge in [-0.15, -0.1) is 11.3 Å². The number of thiazole rings is 1. The fourth-order valence-corrected chi connectivity index (χ4v) is 4.24. The van der Waals surface area contributed by atoms with Crippen LogP contribution in [0.2, 0.25) is 0 Å². The number of nitrogens with zero attached hydrogens (tertiary/aromatic N) is 5. The second-order valence-electron chi connectivity index (χ2n) is 6.43. The summed E-state index contributed by atoms with van der Waals surface area (Å²) in [6.45, 7) is 9.28. The van der Waals surface area contributed by atoms with E-state index in [2.05, 4.69) is 42.8 Å². The Morgan fingerprint density at radius 2 is 1.96 bits per heavy atom. The van der Waals surface area contributed by atoms with Gasteiger partial charge in [-0.05, 0) is 39.8 Å². The minimum atomic E-state index is 0.444. The molecule has 1 aliphatic rings. The molecule has 3 aromatic rings. The van der Waals surface area contributed by atoms with E-state index in [4.69, 9.17) is 0 Å². The smallest absolute Gasteiger partial charge is 0.194 e. The van der Waals surface area contributed by atoms with Gasteiger partial charge in [0.1, 0.15) is 5.82 Å². The van der Waals surface area contributed by atoms with Gasteiger partial charge in [0.05, 0.1) is 11.4 Å². The molecular formula is C17H21N5S. The van der Waals surface area contributed by atoms with Crippen LogP contribution in [-0.2, 0) is 6.54 Å². The molecule has 0 radical (unpaired) electrons. The fourth-order valence-electron chi connectivity index (χ4n) is 3.47. The van der Waals surface area contributed by atoms with Gasteiger partial charge in [-0.3, -0.25) is 9.30 Å². The van der Waals surface area contributed by atoms with Crippen LogP contribution in [-0.4, -0.2) is 37.3 Å². The van der Waals surface area contributed by atoms with Crippen LogP contribution in [0, 0.1) is 20.8 Å². The lowest BCUT2D eigenvalue weighted by atomic mass is 10.1. The van der Waals surface area contributed by atoms with Crippen LogP contribution >= 0.6 is 11.3 Å². The Hall–Kier alpha value is -1.79. The maximum atomic E-state index is 4.65. The van der Waals surface area contributed by atoms with Gasteiger partial charge in [0.25, 0.3) is 0 Å². The number of aromatic nitrogens is 4. The predicted molar refractivity (Wildman–Crippen MR) is 91.9 cm³/mol. The van der Waals surface area contributed by atoms with Gasteiger partial charge in [-0.2, -0.15) is 0 Å². The summed E-state index contributed by atoms with van der Waals surface area (Å²) in [5, 5.41) is 2.10. The highest BCUT2D eigenvalue weighted by Gasteiger charge is 2.27. The predicted octanol–water partition coefficient (Wildman–Crippen LogP) is 3.10. The number of rotatable bonds is 3. The summed E-state index contributed by atoms with van der Waals surface area (Å²) in [5.41, 5.74) is 4.58. The highest BCUT2D eigenvalue weighted by Crippen LogP contribution is 2.27. The first-order chi connectivity index (χ1) is 11.1. The lowest BCUT2D eigenvalue weighted by molar-refractivity contribution is 0.320. The summed E-state index contributed by atoms with van der Waals surface area (Å²) in [4.78, 5) is 17.5. The summed E-state index contributed by atoms with van der Waals surface area (Å²) in [7, 11) is 0. The van der Waals surface area contributed by atoms with Crippen molar-refractivity contribution >= 4 is 16.3 Å². The maximum Gasteiger partial charge on any atom is 0.194 e. The Labute approximate surface area is 140 Å². The molecule has 1 atom stereocenters. The summed E-state index contributed by atoms with van der Waals surface area (Å²) in [5.74, 6) is 1.45. The zero-order valence-electron chi connectivity index (χ0n) is 13.8. The number of hydrogen-bond donors (Lipinski definition) is 0. The van der Waals surface area contributed by atoms with Crippen LogP contribution < -0.4 is 0 Å². The van der Waals surface area contributed by atoms with Crippen molar-refractivity contribution in [3.05, 3.63) is 46.2 Å². The van der Waals surface area contributed by atoms with Crippen molar-refractivity contribution in [1.29, 1.82) is 0 Å². The first-order valence-electron chi connectivity index (χ1n) is 8.05. The molecule has 0 aliphatic carbocycles. The highest BCUT2D eigenvalue weighted by atomic mass is 32.1. The largest absolute Gasteiger partial charge is 0.297 e. The molecule has 4 heterocycles. The van der Waals surface area contributed by atoms with E-state index in [0.717, 1.165) is 53.9 Å². The quantitative estimate of drug-likeness (QED) is 0.741. The third-order valence-electron chi connectivity index (χ3n) is 4.57. The third-order valence-corrected chi connectivity index (χ3v) is 5.33. The first kappa shape index (κ1) is 14.8. The SMILES string of the molecule is Cc1cc(C)nc([C@@H]2CCN(Cc3c(C)nc4sccn34)C2)n1. The lowest BCUT2D eigenvalue weighted by Crippen LogP contribution is -2.21. The second kappa shape index (κ2) is 5.69. The van der Waals surface area contributed by atoms with E-state index in [1.54, 1.807) is 11.3 Å². The summed E-state index contributed by atoms with van der Waals surface area (Å²) in [6, 6.07) is 2.04. The normalized spacial score (nSPS) is 19.0. The summed E-state index contributed by atoms with van der Waals surface area (Å²) in [6.07, 6.45) is 3.25. The average molecular weight is 327 g/mol. The van der Waals surface area contributed by atoms with E-state index in [9.17, 15) is 0 Å². The van der Waals surface area contributed by atoms with Crippen molar-refractivity contribution in [3.63, 3.8) is 0 Å². The molecule has 0 amide bonds. The number of hydrogen-bond acceptors (Lipinski definition) is 5. The van der Waals surface area contributed by atoms with Crippen molar-refractivity contribution in [2.75, 3.05) is 13.1 Å². The Kier molecular flexibility index (Phi) is 3.66. The molecule has 120 valence electrons. The molecule has 3 aromatic heterocycles. The molecule has 4 rings (SSSR count). The Morgan fingerprint density at radius 3 is 2.74 bits per heavy atom. The van der Waals surface area contributed by atoms with E-state index < -0.39 is 0 Å². The number of likely N-dealkylation sites (tertiary alicyclic amines) is 1. The molecule has 0 bridgehead atoms. The van der Waals surface area contributed by atoms with Crippen molar-refractivity contribution < 1.29 is 0 Å². The van der Waals surface area contributed by atoms with E-state index in [1.807, 2.05) is 19.9 Å². The maximum absolute atomic E-state index is 4.65. The van der Waals surface area contributed by atoms with Gasteiger partial charge in [0.15, 0.2) is 4.96 Å². The minimum absolute atomic E-state index is 0.444. The summed E-state index contributed by atoms with van der Waals surface area (Å²) >= 11 is 1.69. The van der Waals surface area contributed by atoms with Crippen LogP contribution in [0.25, 0.3) is 4.96 Å². The van der Waals surface area contributed by atoms with Gasteiger partial charge >= 0.3 is 0 Å². The molecule has 0 aromatic carbocycles. The first-order valence-corrected chi connectivity index (χ1v) is 8.93. The van der Waals surface area contributed by atoms with Crippen molar-refractivity contribution in [1.82, 2.24) is 24.3 Å². The molecule has 0 N–H and O–H groups in total. The molecule has 23 heavy (non-hydrogen) atoms. The molecule has 0 spiro atoms. The van der Waals surface area contributed by atoms with Crippen molar-refractivity contribution in [3.8, 4) is 0 Å². The minimum Gasteiger partial charge on any atom is -0.297 e. The second-order valence-corrected chi connectivity index (χ2v) is 7.30. The van der Waals surface area contributed by atoms with E-state index in [1.165, 1.54) is 5.69 Å². The van der Waals surface area contributed by atoms with E-state index in [-0.39, 0.29) is 0 Å². The number of aryl methyl sites for hydroxylation is 3. The average Bonchev–Trinajstić information content (AvgIpc) is 3.17. The zero-order chi connectivity index (χ0) is 16.0. The Balaban J connectivity index is 1.52. The van der Waals surface area contributed by atoms with Crippen LogP contribution in [0.5, 0.6) is 0 Å².